The number of rotatable bonds is 6. The Morgan fingerprint density at radius 1 is 1.50 bits per heavy atom. The monoisotopic (exact) mass is 275 g/mol. The lowest BCUT2D eigenvalue weighted by atomic mass is 10.1. The second-order valence-electron chi connectivity index (χ2n) is 4.79. The third-order valence-electron chi connectivity index (χ3n) is 3.09. The average Bonchev–Trinajstić information content (AvgIpc) is 2.80. The number of pyridine rings is 1. The zero-order chi connectivity index (χ0) is 14.5. The lowest BCUT2D eigenvalue weighted by molar-refractivity contribution is -0.137. The Hall–Kier alpha value is -2.37. The largest absolute Gasteiger partial charge is 0.481 e. The number of H-pyrrole nitrogens is 1. The minimum atomic E-state index is -0.853. The molecular formula is C14H17N3O3. The highest BCUT2D eigenvalue weighted by Gasteiger charge is 2.12. The summed E-state index contributed by atoms with van der Waals surface area (Å²) in [6, 6.07) is 3.59. The van der Waals surface area contributed by atoms with Crippen molar-refractivity contribution >= 4 is 22.9 Å². The quantitative estimate of drug-likeness (QED) is 0.744. The highest BCUT2D eigenvalue weighted by molar-refractivity contribution is 5.87. The molecule has 1 amide bonds. The number of hydrogen-bond donors (Lipinski definition) is 3. The molecular weight excluding hydrogens is 258 g/mol. The number of amides is 1. The smallest absolute Gasteiger partial charge is 0.303 e. The SMILES string of the molecule is CC(CCC(=O)O)NC(=O)Cc1c[nH]c2ncccc12. The highest BCUT2D eigenvalue weighted by Crippen LogP contribution is 2.16. The van der Waals surface area contributed by atoms with E-state index in [1.165, 1.54) is 0 Å². The lowest BCUT2D eigenvalue weighted by Gasteiger charge is -2.12. The van der Waals surface area contributed by atoms with Crippen LogP contribution in [0.2, 0.25) is 0 Å². The van der Waals surface area contributed by atoms with E-state index in [4.69, 9.17) is 5.11 Å². The van der Waals surface area contributed by atoms with Crippen LogP contribution in [0.15, 0.2) is 24.5 Å². The van der Waals surface area contributed by atoms with Gasteiger partial charge in [-0.15, -0.1) is 0 Å². The van der Waals surface area contributed by atoms with E-state index in [1.54, 1.807) is 19.3 Å². The van der Waals surface area contributed by atoms with Crippen LogP contribution in [-0.2, 0) is 16.0 Å². The molecule has 2 aromatic rings. The van der Waals surface area contributed by atoms with Crippen LogP contribution < -0.4 is 5.32 Å². The molecule has 0 aliphatic carbocycles. The van der Waals surface area contributed by atoms with Crippen LogP contribution in [0.1, 0.15) is 25.3 Å². The Morgan fingerprint density at radius 2 is 2.30 bits per heavy atom. The molecule has 1 atom stereocenters. The lowest BCUT2D eigenvalue weighted by Crippen LogP contribution is -2.34. The van der Waals surface area contributed by atoms with Crippen molar-refractivity contribution < 1.29 is 14.7 Å². The van der Waals surface area contributed by atoms with Gasteiger partial charge in [0.05, 0.1) is 6.42 Å². The minimum absolute atomic E-state index is 0.0540. The number of aromatic nitrogens is 2. The Morgan fingerprint density at radius 3 is 3.05 bits per heavy atom. The van der Waals surface area contributed by atoms with Crippen LogP contribution in [0.5, 0.6) is 0 Å². The molecule has 0 spiro atoms. The number of aliphatic carboxylic acids is 1. The van der Waals surface area contributed by atoms with Crippen LogP contribution in [0.4, 0.5) is 0 Å². The summed E-state index contributed by atoms with van der Waals surface area (Å²) in [4.78, 5) is 29.6. The maximum Gasteiger partial charge on any atom is 0.303 e. The molecule has 0 aromatic carbocycles. The summed E-state index contributed by atoms with van der Waals surface area (Å²) >= 11 is 0. The van der Waals surface area contributed by atoms with Gasteiger partial charge in [-0.05, 0) is 31.0 Å². The predicted octanol–water partition coefficient (Wildman–Crippen LogP) is 1.47. The maximum absolute atomic E-state index is 11.9. The van der Waals surface area contributed by atoms with Crippen molar-refractivity contribution in [3.05, 3.63) is 30.1 Å². The number of fused-ring (bicyclic) bond motifs is 1. The number of nitrogens with one attached hydrogen (secondary N) is 2. The van der Waals surface area contributed by atoms with Gasteiger partial charge in [0.1, 0.15) is 5.65 Å². The number of carbonyl (C=O) groups is 2. The van der Waals surface area contributed by atoms with Crippen molar-refractivity contribution in [1.29, 1.82) is 0 Å². The van der Waals surface area contributed by atoms with E-state index in [1.807, 2.05) is 12.1 Å². The molecule has 3 N–H and O–H groups in total. The summed E-state index contributed by atoms with van der Waals surface area (Å²) < 4.78 is 0. The molecule has 1 unspecified atom stereocenters. The number of carboxylic acid groups (broad SMARTS) is 1. The van der Waals surface area contributed by atoms with Gasteiger partial charge < -0.3 is 15.4 Å². The first-order valence-corrected chi connectivity index (χ1v) is 6.48. The average molecular weight is 275 g/mol. The van der Waals surface area contributed by atoms with Crippen molar-refractivity contribution in [3.8, 4) is 0 Å². The fourth-order valence-electron chi connectivity index (χ4n) is 2.07. The van der Waals surface area contributed by atoms with Crippen molar-refractivity contribution in [2.75, 3.05) is 0 Å². The van der Waals surface area contributed by atoms with Crippen LogP contribution >= 0.6 is 0 Å². The standard InChI is InChI=1S/C14H17N3O3/c1-9(4-5-13(19)20)17-12(18)7-10-8-16-14-11(10)3-2-6-15-14/h2-3,6,8-9H,4-5,7H2,1H3,(H,15,16)(H,17,18)(H,19,20). The Bertz CT molecular complexity index is 621. The van der Waals surface area contributed by atoms with Crippen molar-refractivity contribution in [3.63, 3.8) is 0 Å². The zero-order valence-electron chi connectivity index (χ0n) is 11.2. The van der Waals surface area contributed by atoms with Gasteiger partial charge in [0, 0.05) is 30.2 Å². The van der Waals surface area contributed by atoms with E-state index in [-0.39, 0.29) is 24.8 Å². The molecule has 0 saturated heterocycles. The number of carboxylic acids is 1. The van der Waals surface area contributed by atoms with Gasteiger partial charge in [0.25, 0.3) is 0 Å². The predicted molar refractivity (Wildman–Crippen MR) is 74.3 cm³/mol. The maximum atomic E-state index is 11.9. The summed E-state index contributed by atoms with van der Waals surface area (Å²) in [6.45, 7) is 1.80. The molecule has 0 aliphatic heterocycles. The summed E-state index contributed by atoms with van der Waals surface area (Å²) in [5.41, 5.74) is 1.64. The Labute approximate surface area is 116 Å². The first kappa shape index (κ1) is 14.0. The molecule has 0 bridgehead atoms. The van der Waals surface area contributed by atoms with Gasteiger partial charge in [-0.1, -0.05) is 0 Å². The van der Waals surface area contributed by atoms with Gasteiger partial charge in [0.2, 0.25) is 5.91 Å². The van der Waals surface area contributed by atoms with E-state index in [9.17, 15) is 9.59 Å². The topological polar surface area (TPSA) is 95.1 Å². The molecule has 0 aliphatic rings. The fourth-order valence-corrected chi connectivity index (χ4v) is 2.07. The second kappa shape index (κ2) is 6.18. The minimum Gasteiger partial charge on any atom is -0.481 e. The number of aromatic amines is 1. The van der Waals surface area contributed by atoms with Crippen LogP contribution in [0, 0.1) is 0 Å². The number of nitrogens with zero attached hydrogens (tertiary/aromatic N) is 1. The van der Waals surface area contributed by atoms with Gasteiger partial charge in [-0.3, -0.25) is 9.59 Å². The van der Waals surface area contributed by atoms with E-state index in [0.29, 0.717) is 6.42 Å². The number of carbonyl (C=O) groups excluding carboxylic acids is 1. The normalized spacial score (nSPS) is 12.2. The van der Waals surface area contributed by atoms with Crippen molar-refractivity contribution in [2.24, 2.45) is 0 Å². The summed E-state index contributed by atoms with van der Waals surface area (Å²) in [5, 5.41) is 12.3. The van der Waals surface area contributed by atoms with Gasteiger partial charge in [0.15, 0.2) is 0 Å². The van der Waals surface area contributed by atoms with E-state index in [0.717, 1.165) is 16.6 Å². The first-order chi connectivity index (χ1) is 9.56. The first-order valence-electron chi connectivity index (χ1n) is 6.48. The molecule has 0 radical (unpaired) electrons. The third kappa shape index (κ3) is 3.57. The third-order valence-corrected chi connectivity index (χ3v) is 3.09. The van der Waals surface area contributed by atoms with E-state index < -0.39 is 5.97 Å². The Kier molecular flexibility index (Phi) is 4.34. The molecule has 2 rings (SSSR count). The molecule has 2 aromatic heterocycles. The van der Waals surface area contributed by atoms with Gasteiger partial charge in [-0.2, -0.15) is 0 Å². The molecule has 2 heterocycles. The fraction of sp³-hybridized carbons (Fsp3) is 0.357. The van der Waals surface area contributed by atoms with Crippen LogP contribution in [0.25, 0.3) is 11.0 Å². The van der Waals surface area contributed by atoms with Crippen molar-refractivity contribution in [1.82, 2.24) is 15.3 Å². The van der Waals surface area contributed by atoms with E-state index in [2.05, 4.69) is 15.3 Å². The molecule has 6 nitrogen and oxygen atoms in total. The zero-order valence-corrected chi connectivity index (χ0v) is 11.2. The van der Waals surface area contributed by atoms with E-state index >= 15 is 0 Å². The molecule has 0 saturated carbocycles. The number of hydrogen-bond acceptors (Lipinski definition) is 3. The van der Waals surface area contributed by atoms with Gasteiger partial charge in [-0.25, -0.2) is 4.98 Å². The molecule has 6 heteroatoms. The summed E-state index contributed by atoms with van der Waals surface area (Å²) in [7, 11) is 0. The Balaban J connectivity index is 1.93. The summed E-state index contributed by atoms with van der Waals surface area (Å²) in [5.74, 6) is -0.971. The molecule has 106 valence electrons. The molecule has 20 heavy (non-hydrogen) atoms. The van der Waals surface area contributed by atoms with Crippen LogP contribution in [0.3, 0.4) is 0 Å². The van der Waals surface area contributed by atoms with Crippen LogP contribution in [-0.4, -0.2) is 33.0 Å². The molecule has 0 fully saturated rings. The second-order valence-corrected chi connectivity index (χ2v) is 4.79. The highest BCUT2D eigenvalue weighted by atomic mass is 16.4. The van der Waals surface area contributed by atoms with Gasteiger partial charge >= 0.3 is 5.97 Å². The van der Waals surface area contributed by atoms with Crippen molar-refractivity contribution in [2.45, 2.75) is 32.2 Å². The summed E-state index contributed by atoms with van der Waals surface area (Å²) in [6.07, 6.45) is 4.20.